The molecule has 2 N–H and O–H groups in total. The van der Waals surface area contributed by atoms with Crippen molar-refractivity contribution in [2.24, 2.45) is 0 Å². The highest BCUT2D eigenvalue weighted by Gasteiger charge is 2.23. The van der Waals surface area contributed by atoms with Gasteiger partial charge in [0, 0.05) is 30.6 Å². The zero-order valence-electron chi connectivity index (χ0n) is 19.9. The van der Waals surface area contributed by atoms with Gasteiger partial charge < -0.3 is 14.6 Å². The molecule has 2 heterocycles. The number of benzene rings is 2. The molecule has 0 aliphatic heterocycles. The van der Waals surface area contributed by atoms with Crippen LogP contribution in [0.4, 0.5) is 18.9 Å². The van der Waals surface area contributed by atoms with Crippen LogP contribution in [0.3, 0.4) is 0 Å². The van der Waals surface area contributed by atoms with Crippen molar-refractivity contribution in [2.45, 2.75) is 18.7 Å². The summed E-state index contributed by atoms with van der Waals surface area (Å²) in [5, 5.41) is 2.74. The van der Waals surface area contributed by atoms with Gasteiger partial charge in [-0.05, 0) is 61.4 Å². The highest BCUT2D eigenvalue weighted by atomic mass is 32.2. The molecule has 11 heteroatoms. The highest BCUT2D eigenvalue weighted by Crippen LogP contribution is 2.34. The van der Waals surface area contributed by atoms with Crippen molar-refractivity contribution in [1.29, 1.82) is 0 Å². The molecule has 0 aliphatic rings. The Morgan fingerprint density at radius 1 is 1.03 bits per heavy atom. The summed E-state index contributed by atoms with van der Waals surface area (Å²) in [4.78, 5) is 21.9. The highest BCUT2D eigenvalue weighted by molar-refractivity contribution is 7.89. The smallest absolute Gasteiger partial charge is 0.261 e. The fourth-order valence-electron chi connectivity index (χ4n) is 3.61. The number of nitrogens with one attached hydrogen (secondary N) is 2. The molecule has 37 heavy (non-hydrogen) atoms. The normalized spacial score (nSPS) is 11.8. The second kappa shape index (κ2) is 11.0. The lowest BCUT2D eigenvalue weighted by Gasteiger charge is -2.17. The largest absolute Gasteiger partial charge is 0.593 e. The van der Waals surface area contributed by atoms with E-state index < -0.39 is 34.9 Å². The summed E-state index contributed by atoms with van der Waals surface area (Å²) in [6, 6.07) is 12.3. The van der Waals surface area contributed by atoms with Crippen molar-refractivity contribution >= 4 is 23.0 Å². The fourth-order valence-corrected chi connectivity index (χ4v) is 4.28. The minimum Gasteiger partial charge on any atom is -0.593 e. The van der Waals surface area contributed by atoms with Crippen molar-refractivity contribution in [2.75, 3.05) is 12.4 Å². The van der Waals surface area contributed by atoms with Crippen LogP contribution < -0.4 is 14.8 Å². The summed E-state index contributed by atoms with van der Waals surface area (Å²) in [6.45, 7) is 3.15. The number of halogens is 3. The van der Waals surface area contributed by atoms with Crippen LogP contribution in [-0.2, 0) is 11.4 Å². The summed E-state index contributed by atoms with van der Waals surface area (Å²) in [7, 11) is 1.54. The Morgan fingerprint density at radius 3 is 2.51 bits per heavy atom. The lowest BCUT2D eigenvalue weighted by Crippen LogP contribution is -2.19. The van der Waals surface area contributed by atoms with Gasteiger partial charge in [0.1, 0.15) is 5.56 Å². The number of rotatable bonds is 7. The molecule has 1 unspecified atom stereocenters. The minimum atomic E-state index is -1.47. The van der Waals surface area contributed by atoms with Crippen molar-refractivity contribution in [3.05, 3.63) is 95.2 Å². The van der Waals surface area contributed by atoms with Gasteiger partial charge in [-0.2, -0.15) is 4.39 Å². The van der Waals surface area contributed by atoms with Crippen molar-refractivity contribution in [3.63, 3.8) is 0 Å². The maximum Gasteiger partial charge on any atom is 0.261 e. The molecule has 0 radical (unpaired) electrons. The van der Waals surface area contributed by atoms with E-state index in [2.05, 4.69) is 20.0 Å². The summed E-state index contributed by atoms with van der Waals surface area (Å²) >= 11 is -1.47. The predicted molar refractivity (Wildman–Crippen MR) is 133 cm³/mol. The molecular weight excluding hydrogens is 505 g/mol. The molecule has 7 nitrogen and oxygen atoms in total. The Balaban J connectivity index is 1.79. The summed E-state index contributed by atoms with van der Waals surface area (Å²) in [5.74, 6) is -3.30. The second-order valence-corrected chi connectivity index (χ2v) is 9.30. The molecule has 0 saturated heterocycles. The number of nitrogens with zero attached hydrogens (tertiary/aromatic N) is 2. The van der Waals surface area contributed by atoms with E-state index in [1.54, 1.807) is 31.2 Å². The van der Waals surface area contributed by atoms with E-state index >= 15 is 0 Å². The molecular formula is C26H21F3N4O3S. The summed E-state index contributed by atoms with van der Waals surface area (Å²) in [5.41, 5.74) is 1.64. The average Bonchev–Trinajstić information content (AvgIpc) is 2.87. The van der Waals surface area contributed by atoms with E-state index in [0.29, 0.717) is 27.3 Å². The Labute approximate surface area is 214 Å². The predicted octanol–water partition coefficient (Wildman–Crippen LogP) is 5.46. The molecule has 2 aromatic carbocycles. The van der Waals surface area contributed by atoms with Crippen LogP contribution in [0.1, 0.15) is 21.6 Å². The Kier molecular flexibility index (Phi) is 7.77. The van der Waals surface area contributed by atoms with Gasteiger partial charge in [-0.1, -0.05) is 12.1 Å². The third-order valence-corrected chi connectivity index (χ3v) is 6.52. The van der Waals surface area contributed by atoms with Crippen LogP contribution >= 0.6 is 0 Å². The number of carbonyl (C=O) groups is 1. The van der Waals surface area contributed by atoms with Crippen LogP contribution in [0.25, 0.3) is 11.1 Å². The number of amides is 1. The molecule has 1 amide bonds. The number of aryl methyl sites for hydroxylation is 1. The maximum absolute atomic E-state index is 14.0. The number of pyridine rings is 2. The first-order chi connectivity index (χ1) is 17.7. The van der Waals surface area contributed by atoms with Crippen LogP contribution in [0, 0.1) is 31.4 Å². The van der Waals surface area contributed by atoms with Crippen molar-refractivity contribution < 1.29 is 27.3 Å². The standard InChI is InChI=1S/C26H21F3N4O3S/c1-14-19(16-7-8-20(27)21(28)11-16)13-31-26(36-22-9-10-23(29)32-15(22)2)24(14)25(34)33-17-5-4-6-18(12-17)37(35)30-3/h4-13,30H,1-3H3,(H,33,34). The van der Waals surface area contributed by atoms with Crippen LogP contribution in [0.15, 0.2) is 65.7 Å². The first kappa shape index (κ1) is 26.1. The fraction of sp³-hybridized carbons (Fsp3) is 0.115. The van der Waals surface area contributed by atoms with Crippen LogP contribution in [-0.4, -0.2) is 27.5 Å². The van der Waals surface area contributed by atoms with Crippen molar-refractivity contribution in [1.82, 2.24) is 14.7 Å². The molecule has 2 aromatic heterocycles. The van der Waals surface area contributed by atoms with E-state index in [4.69, 9.17) is 4.74 Å². The van der Waals surface area contributed by atoms with Crippen LogP contribution in [0.5, 0.6) is 11.6 Å². The maximum atomic E-state index is 14.0. The lowest BCUT2D eigenvalue weighted by atomic mass is 9.98. The first-order valence-corrected chi connectivity index (χ1v) is 12.1. The topological polar surface area (TPSA) is 99.2 Å². The molecule has 1 atom stereocenters. The SMILES string of the molecule is CN[S+]([O-])c1cccc(NC(=O)c2c(Oc3ccc(F)nc3C)ncc(-c3ccc(F)c(F)c3)c2C)c1. The Hall–Kier alpha value is -3.93. The van der Waals surface area contributed by atoms with Gasteiger partial charge in [0.25, 0.3) is 5.91 Å². The Morgan fingerprint density at radius 2 is 1.81 bits per heavy atom. The van der Waals surface area contributed by atoms with Gasteiger partial charge in [-0.25, -0.2) is 18.7 Å². The second-order valence-electron chi connectivity index (χ2n) is 7.88. The third kappa shape index (κ3) is 5.74. The van der Waals surface area contributed by atoms with Gasteiger partial charge in [0.05, 0.1) is 17.1 Å². The Bertz CT molecular complexity index is 1490. The zero-order chi connectivity index (χ0) is 26.7. The quantitative estimate of drug-likeness (QED) is 0.245. The number of ether oxygens (including phenoxy) is 1. The number of hydrogen-bond donors (Lipinski definition) is 2. The van der Waals surface area contributed by atoms with Crippen LogP contribution in [0.2, 0.25) is 0 Å². The van der Waals surface area contributed by atoms with E-state index in [9.17, 15) is 22.5 Å². The first-order valence-electron chi connectivity index (χ1n) is 10.9. The molecule has 4 aromatic rings. The molecule has 0 fully saturated rings. The van der Waals surface area contributed by atoms with E-state index in [-0.39, 0.29) is 22.9 Å². The minimum absolute atomic E-state index is 0.00565. The third-order valence-electron chi connectivity index (χ3n) is 5.46. The molecule has 0 spiro atoms. The molecule has 4 rings (SSSR count). The van der Waals surface area contributed by atoms with Gasteiger partial charge in [0.2, 0.25) is 11.8 Å². The number of aromatic nitrogens is 2. The molecule has 190 valence electrons. The van der Waals surface area contributed by atoms with Gasteiger partial charge in [-0.3, -0.25) is 4.79 Å². The van der Waals surface area contributed by atoms with Gasteiger partial charge in [-0.15, -0.1) is 4.72 Å². The van der Waals surface area contributed by atoms with E-state index in [1.807, 2.05) is 0 Å². The number of hydrogen-bond acceptors (Lipinski definition) is 6. The van der Waals surface area contributed by atoms with Crippen molar-refractivity contribution in [3.8, 4) is 22.8 Å². The average molecular weight is 527 g/mol. The van der Waals surface area contributed by atoms with E-state index in [1.165, 1.54) is 32.3 Å². The van der Waals surface area contributed by atoms with E-state index in [0.717, 1.165) is 18.2 Å². The summed E-state index contributed by atoms with van der Waals surface area (Å²) < 4.78 is 61.5. The lowest BCUT2D eigenvalue weighted by molar-refractivity contribution is 0.102. The van der Waals surface area contributed by atoms with Gasteiger partial charge in [0.15, 0.2) is 22.3 Å². The molecule has 0 bridgehead atoms. The van der Waals surface area contributed by atoms with Gasteiger partial charge >= 0.3 is 0 Å². The number of carbonyl (C=O) groups excluding carboxylic acids is 1. The summed E-state index contributed by atoms with van der Waals surface area (Å²) in [6.07, 6.45) is 1.37. The zero-order valence-corrected chi connectivity index (χ0v) is 20.8. The molecule has 0 aliphatic carbocycles. The number of anilines is 1. The molecule has 0 saturated carbocycles. The monoisotopic (exact) mass is 526 g/mol.